The zero-order valence-electron chi connectivity index (χ0n) is 17.3. The van der Waals surface area contributed by atoms with Crippen molar-refractivity contribution in [2.75, 3.05) is 5.32 Å². The Morgan fingerprint density at radius 1 is 1.13 bits per heavy atom. The maximum Gasteiger partial charge on any atom is 0.255 e. The molecular weight excluding hydrogens is 381 g/mol. The topological polar surface area (TPSA) is 71.1 Å². The molecule has 0 unspecified atom stereocenters. The van der Waals surface area contributed by atoms with Crippen LogP contribution in [0.15, 0.2) is 65.0 Å². The number of Topliss-reactive ketones (excluding diaryl/α,β-unsaturated/α-hetero) is 1. The van der Waals surface area contributed by atoms with Gasteiger partial charge in [0.05, 0.1) is 0 Å². The third kappa shape index (κ3) is 3.77. The van der Waals surface area contributed by atoms with Crippen LogP contribution in [-0.4, -0.2) is 16.7 Å². The number of allylic oxidation sites excluding steroid dienone is 3. The molecule has 2 aromatic rings. The number of carbonyl (C=O) groups excluding carboxylic acids is 2. The minimum atomic E-state index is -0.549. The molecular formula is C24H24FN3O2. The van der Waals surface area contributed by atoms with E-state index in [-0.39, 0.29) is 23.4 Å². The fraction of sp³-hybridized carbons (Fsp3) is 0.292. The van der Waals surface area contributed by atoms with Gasteiger partial charge in [-0.25, -0.2) is 9.37 Å². The Balaban J connectivity index is 1.79. The second-order valence-corrected chi connectivity index (χ2v) is 8.10. The van der Waals surface area contributed by atoms with Crippen molar-refractivity contribution in [1.29, 1.82) is 0 Å². The van der Waals surface area contributed by atoms with Crippen LogP contribution in [0.4, 0.5) is 10.2 Å². The number of nitrogens with one attached hydrogen (secondary N) is 2. The minimum absolute atomic E-state index is 0.0251. The fourth-order valence-electron chi connectivity index (χ4n) is 4.32. The minimum Gasteiger partial charge on any atom is -0.362 e. The Labute approximate surface area is 175 Å². The summed E-state index contributed by atoms with van der Waals surface area (Å²) in [5.41, 5.74) is 4.11. The maximum atomic E-state index is 13.6. The highest BCUT2D eigenvalue weighted by Gasteiger charge is 2.39. The molecule has 4 rings (SSSR count). The molecule has 1 aliphatic heterocycles. The molecule has 1 aromatic carbocycles. The summed E-state index contributed by atoms with van der Waals surface area (Å²) in [4.78, 5) is 30.7. The molecule has 1 amide bonds. The monoisotopic (exact) mass is 405 g/mol. The Hall–Kier alpha value is -3.28. The first-order valence-corrected chi connectivity index (χ1v) is 10.1. The van der Waals surface area contributed by atoms with E-state index < -0.39 is 5.92 Å². The molecule has 0 spiro atoms. The molecule has 0 bridgehead atoms. The van der Waals surface area contributed by atoms with E-state index in [0.717, 1.165) is 23.4 Å². The number of hydrogen-bond acceptors (Lipinski definition) is 4. The molecule has 0 radical (unpaired) electrons. The van der Waals surface area contributed by atoms with E-state index in [0.29, 0.717) is 29.1 Å². The molecule has 0 fully saturated rings. The van der Waals surface area contributed by atoms with Crippen LogP contribution in [0, 0.1) is 18.7 Å². The number of halogens is 1. The van der Waals surface area contributed by atoms with Gasteiger partial charge in [0.2, 0.25) is 0 Å². The number of anilines is 1. The van der Waals surface area contributed by atoms with E-state index in [9.17, 15) is 14.0 Å². The van der Waals surface area contributed by atoms with Crippen molar-refractivity contribution in [1.82, 2.24) is 10.3 Å². The number of pyridine rings is 1. The van der Waals surface area contributed by atoms with Crippen LogP contribution in [0.1, 0.15) is 43.9 Å². The van der Waals surface area contributed by atoms with Crippen molar-refractivity contribution < 1.29 is 14.0 Å². The number of aromatic nitrogens is 1. The van der Waals surface area contributed by atoms with E-state index in [4.69, 9.17) is 0 Å². The quantitative estimate of drug-likeness (QED) is 0.795. The van der Waals surface area contributed by atoms with Gasteiger partial charge in [0, 0.05) is 40.6 Å². The van der Waals surface area contributed by atoms with Gasteiger partial charge in [-0.3, -0.25) is 9.59 Å². The third-order valence-corrected chi connectivity index (χ3v) is 5.61. The Morgan fingerprint density at radius 2 is 1.87 bits per heavy atom. The molecule has 1 aliphatic carbocycles. The zero-order valence-corrected chi connectivity index (χ0v) is 17.3. The van der Waals surface area contributed by atoms with Crippen LogP contribution in [0.5, 0.6) is 0 Å². The molecule has 6 heteroatoms. The standard InChI is InChI=1S/C24H24FN3O2/c1-13-11-18-23(19(29)12-13)22(16-7-9-17(25)10-8-16)21(15(3)27-18)24(30)28-20-6-4-5-14(2)26-20/h4-10,13,22,27H,11-12H2,1-3H3,(H,26,28,30)/t13-,22-/m0/s1. The summed E-state index contributed by atoms with van der Waals surface area (Å²) in [7, 11) is 0. The first-order chi connectivity index (χ1) is 14.3. The number of carbonyl (C=O) groups is 2. The predicted molar refractivity (Wildman–Crippen MR) is 113 cm³/mol. The highest BCUT2D eigenvalue weighted by Crippen LogP contribution is 2.43. The molecule has 0 saturated heterocycles. The van der Waals surface area contributed by atoms with Crippen LogP contribution in [0.3, 0.4) is 0 Å². The van der Waals surface area contributed by atoms with Gasteiger partial charge in [-0.1, -0.05) is 25.1 Å². The second kappa shape index (κ2) is 7.86. The zero-order chi connectivity index (χ0) is 21.4. The molecule has 5 nitrogen and oxygen atoms in total. The lowest BCUT2D eigenvalue weighted by molar-refractivity contribution is -0.117. The van der Waals surface area contributed by atoms with E-state index in [1.165, 1.54) is 12.1 Å². The van der Waals surface area contributed by atoms with E-state index in [1.807, 2.05) is 32.9 Å². The van der Waals surface area contributed by atoms with Crippen LogP contribution >= 0.6 is 0 Å². The first-order valence-electron chi connectivity index (χ1n) is 10.1. The molecule has 2 N–H and O–H groups in total. The van der Waals surface area contributed by atoms with Gasteiger partial charge in [-0.05, 0) is 56.0 Å². The third-order valence-electron chi connectivity index (χ3n) is 5.61. The summed E-state index contributed by atoms with van der Waals surface area (Å²) in [5, 5.41) is 6.16. The van der Waals surface area contributed by atoms with Gasteiger partial charge in [-0.2, -0.15) is 0 Å². The number of aryl methyl sites for hydroxylation is 1. The van der Waals surface area contributed by atoms with E-state index in [2.05, 4.69) is 15.6 Å². The molecule has 154 valence electrons. The van der Waals surface area contributed by atoms with Crippen LogP contribution in [0.25, 0.3) is 0 Å². The summed E-state index contributed by atoms with van der Waals surface area (Å²) in [6, 6.07) is 11.4. The lowest BCUT2D eigenvalue weighted by atomic mass is 9.73. The van der Waals surface area contributed by atoms with Crippen molar-refractivity contribution in [3.05, 3.63) is 82.1 Å². The summed E-state index contributed by atoms with van der Waals surface area (Å²) < 4.78 is 13.6. The van der Waals surface area contributed by atoms with Gasteiger partial charge >= 0.3 is 0 Å². The number of hydrogen-bond donors (Lipinski definition) is 2. The highest BCUT2D eigenvalue weighted by molar-refractivity contribution is 6.09. The smallest absolute Gasteiger partial charge is 0.255 e. The summed E-state index contributed by atoms with van der Waals surface area (Å²) in [6.45, 7) is 5.73. The Morgan fingerprint density at radius 3 is 2.57 bits per heavy atom. The number of rotatable bonds is 3. The number of amides is 1. The summed E-state index contributed by atoms with van der Waals surface area (Å²) in [6.07, 6.45) is 1.18. The highest BCUT2D eigenvalue weighted by atomic mass is 19.1. The van der Waals surface area contributed by atoms with Gasteiger partial charge in [-0.15, -0.1) is 0 Å². The molecule has 2 aliphatic rings. The Bertz CT molecular complexity index is 1090. The van der Waals surface area contributed by atoms with Gasteiger partial charge in [0.1, 0.15) is 11.6 Å². The largest absolute Gasteiger partial charge is 0.362 e. The van der Waals surface area contributed by atoms with E-state index in [1.54, 1.807) is 18.2 Å². The van der Waals surface area contributed by atoms with Crippen molar-refractivity contribution in [2.45, 2.75) is 39.5 Å². The number of dihydropyridines is 1. The average molecular weight is 405 g/mol. The van der Waals surface area contributed by atoms with Gasteiger partial charge in [0.15, 0.2) is 5.78 Å². The van der Waals surface area contributed by atoms with Crippen LogP contribution in [0.2, 0.25) is 0 Å². The van der Waals surface area contributed by atoms with Crippen molar-refractivity contribution in [3.8, 4) is 0 Å². The van der Waals surface area contributed by atoms with Crippen molar-refractivity contribution >= 4 is 17.5 Å². The second-order valence-electron chi connectivity index (χ2n) is 8.10. The Kier molecular flexibility index (Phi) is 5.24. The van der Waals surface area contributed by atoms with Crippen LogP contribution < -0.4 is 10.6 Å². The predicted octanol–water partition coefficient (Wildman–Crippen LogP) is 4.38. The van der Waals surface area contributed by atoms with Crippen LogP contribution in [-0.2, 0) is 9.59 Å². The molecule has 2 atom stereocenters. The van der Waals surface area contributed by atoms with Crippen molar-refractivity contribution in [3.63, 3.8) is 0 Å². The average Bonchev–Trinajstić information content (AvgIpc) is 2.67. The van der Waals surface area contributed by atoms with Gasteiger partial charge < -0.3 is 10.6 Å². The molecule has 2 heterocycles. The number of ketones is 1. The van der Waals surface area contributed by atoms with Gasteiger partial charge in [0.25, 0.3) is 5.91 Å². The normalized spacial score (nSPS) is 21.3. The number of benzene rings is 1. The molecule has 0 saturated carbocycles. The molecule has 30 heavy (non-hydrogen) atoms. The van der Waals surface area contributed by atoms with E-state index >= 15 is 0 Å². The molecule has 1 aromatic heterocycles. The fourth-order valence-corrected chi connectivity index (χ4v) is 4.32. The number of nitrogens with zero attached hydrogens (tertiary/aromatic N) is 1. The first kappa shape index (κ1) is 20.0. The SMILES string of the molecule is CC1=C(C(=O)Nc2cccc(C)n2)[C@H](c2ccc(F)cc2)C2=C(C[C@H](C)CC2=O)N1. The van der Waals surface area contributed by atoms with Crippen molar-refractivity contribution in [2.24, 2.45) is 5.92 Å². The summed E-state index contributed by atoms with van der Waals surface area (Å²) in [5.74, 6) is -0.533. The maximum absolute atomic E-state index is 13.6. The lowest BCUT2D eigenvalue weighted by Gasteiger charge is -2.36. The summed E-state index contributed by atoms with van der Waals surface area (Å²) >= 11 is 0. The lowest BCUT2D eigenvalue weighted by Crippen LogP contribution is -2.37.